The van der Waals surface area contributed by atoms with E-state index in [-0.39, 0.29) is 5.70 Å². The lowest BCUT2D eigenvalue weighted by Crippen LogP contribution is -1.96. The van der Waals surface area contributed by atoms with Gasteiger partial charge in [-0.1, -0.05) is 0 Å². The minimum Gasteiger partial charge on any atom is -0.486 e. The Morgan fingerprint density at radius 2 is 2.00 bits per heavy atom. The molecule has 15 heavy (non-hydrogen) atoms. The molecule has 0 aliphatic rings. The van der Waals surface area contributed by atoms with Gasteiger partial charge >= 0.3 is 5.97 Å². The standard InChI is InChI=1S/C11H10N2O2/c1-7-4-9(5-8(2)13-7)6-10(12-3)11(14)15/h4-6H,1-2H3,(H,14,15)/b10-6-. The topological polar surface area (TPSA) is 54.5 Å². The van der Waals surface area contributed by atoms with Gasteiger partial charge in [-0.15, -0.1) is 0 Å². The molecule has 0 atom stereocenters. The minimum atomic E-state index is -1.21. The number of hydrogen-bond donors (Lipinski definition) is 1. The monoisotopic (exact) mass is 202 g/mol. The summed E-state index contributed by atoms with van der Waals surface area (Å²) in [5.41, 5.74) is 2.00. The van der Waals surface area contributed by atoms with Crippen molar-refractivity contribution < 1.29 is 9.90 Å². The number of rotatable bonds is 2. The van der Waals surface area contributed by atoms with E-state index in [1.165, 1.54) is 6.08 Å². The van der Waals surface area contributed by atoms with E-state index < -0.39 is 5.97 Å². The Bertz CT molecular complexity index is 450. The molecule has 1 aromatic rings. The van der Waals surface area contributed by atoms with Gasteiger partial charge in [0.1, 0.15) is 0 Å². The van der Waals surface area contributed by atoms with Gasteiger partial charge in [-0.3, -0.25) is 9.78 Å². The Morgan fingerprint density at radius 3 is 2.40 bits per heavy atom. The van der Waals surface area contributed by atoms with Crippen molar-refractivity contribution in [3.05, 3.63) is 46.2 Å². The molecule has 76 valence electrons. The average Bonchev–Trinajstić information content (AvgIpc) is 2.12. The van der Waals surface area contributed by atoms with Crippen LogP contribution in [0.1, 0.15) is 17.0 Å². The highest BCUT2D eigenvalue weighted by molar-refractivity contribution is 5.94. The second kappa shape index (κ2) is 4.38. The van der Waals surface area contributed by atoms with Crippen LogP contribution in [0, 0.1) is 20.4 Å². The van der Waals surface area contributed by atoms with Crippen molar-refractivity contribution in [2.75, 3.05) is 0 Å². The molecule has 0 amide bonds. The molecular formula is C11H10N2O2. The maximum atomic E-state index is 10.6. The number of carboxylic acids is 1. The summed E-state index contributed by atoms with van der Waals surface area (Å²) in [4.78, 5) is 17.7. The number of carbonyl (C=O) groups is 1. The Balaban J connectivity index is 3.18. The molecule has 0 aliphatic heterocycles. The number of nitrogens with zero attached hydrogens (tertiary/aromatic N) is 2. The van der Waals surface area contributed by atoms with Crippen LogP contribution in [0.5, 0.6) is 0 Å². The maximum absolute atomic E-state index is 10.6. The van der Waals surface area contributed by atoms with Gasteiger partial charge in [0.15, 0.2) is 0 Å². The van der Waals surface area contributed by atoms with Gasteiger partial charge < -0.3 is 5.11 Å². The molecule has 0 fully saturated rings. The molecular weight excluding hydrogens is 192 g/mol. The van der Waals surface area contributed by atoms with Crippen molar-refractivity contribution in [1.82, 2.24) is 4.98 Å². The molecule has 1 aromatic heterocycles. The zero-order chi connectivity index (χ0) is 11.4. The number of aryl methyl sites for hydroxylation is 2. The summed E-state index contributed by atoms with van der Waals surface area (Å²) in [6.07, 6.45) is 1.34. The largest absolute Gasteiger partial charge is 0.486 e. The smallest absolute Gasteiger partial charge is 0.333 e. The predicted molar refractivity (Wildman–Crippen MR) is 55.9 cm³/mol. The molecule has 0 radical (unpaired) electrons. The summed E-state index contributed by atoms with van der Waals surface area (Å²) in [5, 5.41) is 8.68. The number of hydrogen-bond acceptors (Lipinski definition) is 2. The third-order valence-corrected chi connectivity index (χ3v) is 1.75. The number of aliphatic carboxylic acids is 1. The zero-order valence-corrected chi connectivity index (χ0v) is 8.48. The van der Waals surface area contributed by atoms with Crippen LogP contribution in [0.2, 0.25) is 0 Å². The molecule has 0 spiro atoms. The number of carboxylic acid groups (broad SMARTS) is 1. The van der Waals surface area contributed by atoms with Crippen LogP contribution in [0.3, 0.4) is 0 Å². The lowest BCUT2D eigenvalue weighted by molar-refractivity contribution is -0.132. The van der Waals surface area contributed by atoms with Crippen LogP contribution in [-0.2, 0) is 4.79 Å². The quantitative estimate of drug-likeness (QED) is 0.589. The van der Waals surface area contributed by atoms with Crippen molar-refractivity contribution >= 4 is 12.0 Å². The lowest BCUT2D eigenvalue weighted by atomic mass is 10.1. The summed E-state index contributed by atoms with van der Waals surface area (Å²) < 4.78 is 0. The van der Waals surface area contributed by atoms with E-state index in [4.69, 9.17) is 11.7 Å². The van der Waals surface area contributed by atoms with E-state index in [2.05, 4.69) is 9.83 Å². The fraction of sp³-hybridized carbons (Fsp3) is 0.182. The molecule has 0 saturated carbocycles. The number of pyridine rings is 1. The van der Waals surface area contributed by atoms with Gasteiger partial charge in [-0.05, 0) is 37.6 Å². The van der Waals surface area contributed by atoms with Gasteiger partial charge in [-0.2, -0.15) is 0 Å². The molecule has 0 aliphatic carbocycles. The molecule has 1 N–H and O–H groups in total. The van der Waals surface area contributed by atoms with E-state index in [1.54, 1.807) is 12.1 Å². The van der Waals surface area contributed by atoms with Gasteiger partial charge in [-0.25, -0.2) is 4.85 Å². The van der Waals surface area contributed by atoms with E-state index in [9.17, 15) is 4.79 Å². The van der Waals surface area contributed by atoms with Gasteiger partial charge in [0, 0.05) is 11.4 Å². The predicted octanol–water partition coefficient (Wildman–Crippen LogP) is 2.04. The highest BCUT2D eigenvalue weighted by atomic mass is 16.4. The summed E-state index contributed by atoms with van der Waals surface area (Å²) in [6, 6.07) is 3.47. The first-order valence-electron chi connectivity index (χ1n) is 4.30. The van der Waals surface area contributed by atoms with Gasteiger partial charge in [0.25, 0.3) is 5.70 Å². The van der Waals surface area contributed by atoms with Crippen LogP contribution in [-0.4, -0.2) is 16.1 Å². The molecule has 1 heterocycles. The van der Waals surface area contributed by atoms with E-state index in [0.29, 0.717) is 5.56 Å². The van der Waals surface area contributed by atoms with Gasteiger partial charge in [0.05, 0.1) is 6.57 Å². The third kappa shape index (κ3) is 2.92. The Hall–Kier alpha value is -2.15. The molecule has 0 unspecified atom stereocenters. The van der Waals surface area contributed by atoms with Crippen molar-refractivity contribution in [2.45, 2.75) is 13.8 Å². The van der Waals surface area contributed by atoms with Crippen LogP contribution < -0.4 is 0 Å². The first-order chi connectivity index (χ1) is 7.02. The summed E-state index contributed by atoms with van der Waals surface area (Å²) in [7, 11) is 0. The van der Waals surface area contributed by atoms with Crippen LogP contribution in [0.25, 0.3) is 10.9 Å². The second-order valence-corrected chi connectivity index (χ2v) is 3.13. The van der Waals surface area contributed by atoms with E-state index in [1.807, 2.05) is 13.8 Å². The SMILES string of the molecule is [C-]#[N+]/C(=C\c1cc(C)nc(C)c1)C(=O)O. The normalized spacial score (nSPS) is 10.9. The Morgan fingerprint density at radius 1 is 1.47 bits per heavy atom. The summed E-state index contributed by atoms with van der Waals surface area (Å²) in [5.74, 6) is -1.21. The number of aromatic nitrogens is 1. The summed E-state index contributed by atoms with van der Waals surface area (Å²) >= 11 is 0. The van der Waals surface area contributed by atoms with Crippen LogP contribution >= 0.6 is 0 Å². The van der Waals surface area contributed by atoms with E-state index >= 15 is 0 Å². The fourth-order valence-corrected chi connectivity index (χ4v) is 1.25. The highest BCUT2D eigenvalue weighted by Crippen LogP contribution is 2.10. The second-order valence-electron chi connectivity index (χ2n) is 3.13. The average molecular weight is 202 g/mol. The molecule has 4 nitrogen and oxygen atoms in total. The first kappa shape index (κ1) is 10.9. The molecule has 0 bridgehead atoms. The Kier molecular flexibility index (Phi) is 3.19. The summed E-state index contributed by atoms with van der Waals surface area (Å²) in [6.45, 7) is 10.4. The van der Waals surface area contributed by atoms with Crippen LogP contribution in [0.15, 0.2) is 17.8 Å². The minimum absolute atomic E-state index is 0.292. The molecule has 1 rings (SSSR count). The maximum Gasteiger partial charge on any atom is 0.333 e. The van der Waals surface area contributed by atoms with Crippen molar-refractivity contribution in [2.24, 2.45) is 0 Å². The third-order valence-electron chi connectivity index (χ3n) is 1.75. The van der Waals surface area contributed by atoms with E-state index in [0.717, 1.165) is 11.4 Å². The first-order valence-corrected chi connectivity index (χ1v) is 4.30. The van der Waals surface area contributed by atoms with Crippen molar-refractivity contribution in [3.63, 3.8) is 0 Å². The van der Waals surface area contributed by atoms with Crippen molar-refractivity contribution in [1.29, 1.82) is 0 Å². The van der Waals surface area contributed by atoms with Crippen molar-refractivity contribution in [3.8, 4) is 0 Å². The Labute approximate surface area is 87.7 Å². The molecule has 4 heteroatoms. The fourth-order valence-electron chi connectivity index (χ4n) is 1.25. The zero-order valence-electron chi connectivity index (χ0n) is 8.48. The van der Waals surface area contributed by atoms with Gasteiger partial charge in [0.2, 0.25) is 0 Å². The highest BCUT2D eigenvalue weighted by Gasteiger charge is 2.06. The molecule has 0 aromatic carbocycles. The molecule has 0 saturated heterocycles. The van der Waals surface area contributed by atoms with Crippen LogP contribution in [0.4, 0.5) is 0 Å². The lowest BCUT2D eigenvalue weighted by Gasteiger charge is -1.99.